The van der Waals surface area contributed by atoms with E-state index in [0.29, 0.717) is 31.5 Å². The Hall–Kier alpha value is -2.07. The zero-order chi connectivity index (χ0) is 28.0. The van der Waals surface area contributed by atoms with Crippen molar-refractivity contribution in [2.75, 3.05) is 26.2 Å². The lowest BCUT2D eigenvalue weighted by molar-refractivity contribution is -0.305. The average Bonchev–Trinajstić information content (AvgIpc) is 2.83. The molecule has 0 aromatic rings. The lowest BCUT2D eigenvalue weighted by Gasteiger charge is -2.66. The quantitative estimate of drug-likeness (QED) is 0.366. The fourth-order valence-corrected chi connectivity index (χ4v) is 6.59. The third kappa shape index (κ3) is 4.58. The van der Waals surface area contributed by atoms with Gasteiger partial charge in [-0.25, -0.2) is 4.79 Å². The Kier molecular flexibility index (Phi) is 7.90. The van der Waals surface area contributed by atoms with Gasteiger partial charge in [-0.1, -0.05) is 39.3 Å². The van der Waals surface area contributed by atoms with Crippen molar-refractivity contribution in [3.05, 3.63) is 24.3 Å². The Labute approximate surface area is 219 Å². The zero-order valence-electron chi connectivity index (χ0n) is 23.3. The molecule has 1 saturated carbocycles. The van der Waals surface area contributed by atoms with Gasteiger partial charge in [0.05, 0.1) is 23.7 Å². The second kappa shape index (κ2) is 9.91. The molecule has 9 nitrogen and oxygen atoms in total. The molecule has 0 aromatic carbocycles. The first kappa shape index (κ1) is 29.5. The van der Waals surface area contributed by atoms with Crippen LogP contribution in [0.2, 0.25) is 0 Å². The van der Waals surface area contributed by atoms with Gasteiger partial charge in [0.25, 0.3) is 0 Å². The first-order valence-corrected chi connectivity index (χ1v) is 13.1. The van der Waals surface area contributed by atoms with Gasteiger partial charge in [0.1, 0.15) is 5.60 Å². The maximum absolute atomic E-state index is 13.8. The van der Waals surface area contributed by atoms with Crippen LogP contribution in [0.1, 0.15) is 67.7 Å². The number of aliphatic hydroxyl groups excluding tert-OH is 1. The topological polar surface area (TPSA) is 123 Å². The van der Waals surface area contributed by atoms with Gasteiger partial charge in [0, 0.05) is 6.42 Å². The van der Waals surface area contributed by atoms with E-state index in [1.54, 1.807) is 19.9 Å². The molecule has 1 heterocycles. The molecule has 208 valence electrons. The molecule has 2 aliphatic carbocycles. The van der Waals surface area contributed by atoms with Gasteiger partial charge >= 0.3 is 11.9 Å². The fraction of sp³-hybridized carbons (Fsp3) is 0.750. The number of carbonyl (C=O) groups is 3. The lowest BCUT2D eigenvalue weighted by Crippen LogP contribution is -2.81. The molecule has 0 bridgehead atoms. The Balaban J connectivity index is 2.01. The van der Waals surface area contributed by atoms with Gasteiger partial charge in [0.2, 0.25) is 0 Å². The molecule has 0 spiro atoms. The van der Waals surface area contributed by atoms with Crippen LogP contribution in [0.25, 0.3) is 0 Å². The number of Topliss-reactive ketones (excluding diaryl/α,β-unsaturated/α-hetero) is 1. The van der Waals surface area contributed by atoms with Crippen molar-refractivity contribution in [3.8, 4) is 0 Å². The van der Waals surface area contributed by atoms with E-state index < -0.39 is 64.2 Å². The number of carbonyl (C=O) groups excluding carboxylic acids is 3. The summed E-state index contributed by atoms with van der Waals surface area (Å²) in [5, 5.41) is 23.6. The largest absolute Gasteiger partial charge is 0.453 e. The Morgan fingerprint density at radius 3 is 2.38 bits per heavy atom. The van der Waals surface area contributed by atoms with E-state index >= 15 is 0 Å². The molecule has 1 aliphatic heterocycles. The van der Waals surface area contributed by atoms with Crippen LogP contribution in [0.4, 0.5) is 0 Å². The van der Waals surface area contributed by atoms with Crippen LogP contribution in [0.15, 0.2) is 24.3 Å². The predicted octanol–water partition coefficient (Wildman–Crippen LogP) is 2.33. The van der Waals surface area contributed by atoms with Crippen molar-refractivity contribution in [1.82, 2.24) is 4.90 Å². The van der Waals surface area contributed by atoms with Crippen LogP contribution in [-0.4, -0.2) is 88.1 Å². The molecule has 0 unspecified atom stereocenters. The molecule has 2 N–H and O–H groups in total. The molecule has 0 amide bonds. The normalized spacial score (nSPS) is 38.8. The van der Waals surface area contributed by atoms with E-state index in [0.717, 1.165) is 0 Å². The molecule has 3 aliphatic rings. The molecular weight excluding hydrogens is 478 g/mol. The predicted molar refractivity (Wildman–Crippen MR) is 137 cm³/mol. The second-order valence-corrected chi connectivity index (χ2v) is 11.8. The molecule has 0 aromatic heterocycles. The summed E-state index contributed by atoms with van der Waals surface area (Å²) >= 11 is 0. The van der Waals surface area contributed by atoms with E-state index in [4.69, 9.17) is 14.2 Å². The second-order valence-electron chi connectivity index (χ2n) is 11.8. The van der Waals surface area contributed by atoms with Crippen molar-refractivity contribution >= 4 is 17.7 Å². The van der Waals surface area contributed by atoms with Crippen molar-refractivity contribution in [2.24, 2.45) is 10.8 Å². The van der Waals surface area contributed by atoms with Gasteiger partial charge in [-0.05, 0) is 58.2 Å². The number of esters is 2. The lowest BCUT2D eigenvalue weighted by atomic mass is 9.44. The molecule has 0 radical (unpaired) electrons. The minimum absolute atomic E-state index is 0.0466. The highest BCUT2D eigenvalue weighted by atomic mass is 16.6. The number of fused-ring (bicyclic) bond motifs is 3. The van der Waals surface area contributed by atoms with Gasteiger partial charge in [-0.3, -0.25) is 14.5 Å². The third-order valence-electron chi connectivity index (χ3n) is 8.98. The zero-order valence-corrected chi connectivity index (χ0v) is 23.3. The van der Waals surface area contributed by atoms with Crippen molar-refractivity contribution < 1.29 is 38.8 Å². The first-order chi connectivity index (χ1) is 17.0. The number of hydrogen-bond acceptors (Lipinski definition) is 9. The minimum atomic E-state index is -2.20. The summed E-state index contributed by atoms with van der Waals surface area (Å²) < 4.78 is 17.3. The van der Waals surface area contributed by atoms with Crippen LogP contribution >= 0.6 is 0 Å². The van der Waals surface area contributed by atoms with Crippen molar-refractivity contribution in [1.29, 1.82) is 0 Å². The van der Waals surface area contributed by atoms with Gasteiger partial charge in [0.15, 0.2) is 24.1 Å². The minimum Gasteiger partial charge on any atom is -0.453 e. The molecule has 6 atom stereocenters. The van der Waals surface area contributed by atoms with Crippen LogP contribution in [-0.2, 0) is 28.6 Å². The maximum Gasteiger partial charge on any atom is 0.344 e. The monoisotopic (exact) mass is 521 g/mol. The molecule has 9 heteroatoms. The summed E-state index contributed by atoms with van der Waals surface area (Å²) in [6.07, 6.45) is 1.84. The Bertz CT molecular complexity index is 987. The molecule has 1 saturated heterocycles. The number of ketones is 1. The summed E-state index contributed by atoms with van der Waals surface area (Å²) in [6.45, 7) is 17.2. The summed E-state index contributed by atoms with van der Waals surface area (Å²) in [5.41, 5.74) is -6.31. The van der Waals surface area contributed by atoms with E-state index in [2.05, 4.69) is 6.58 Å². The smallest absolute Gasteiger partial charge is 0.344 e. The van der Waals surface area contributed by atoms with Crippen LogP contribution in [0.5, 0.6) is 0 Å². The summed E-state index contributed by atoms with van der Waals surface area (Å²) in [4.78, 5) is 40.8. The number of hydrogen-bond donors (Lipinski definition) is 2. The van der Waals surface area contributed by atoms with Gasteiger partial charge in [-0.15, -0.1) is 6.58 Å². The maximum atomic E-state index is 13.8. The van der Waals surface area contributed by atoms with E-state index in [1.165, 1.54) is 13.0 Å². The van der Waals surface area contributed by atoms with Crippen molar-refractivity contribution in [2.45, 2.75) is 96.7 Å². The van der Waals surface area contributed by atoms with Gasteiger partial charge < -0.3 is 24.4 Å². The number of aliphatic hydroxyl groups is 2. The first-order valence-electron chi connectivity index (χ1n) is 13.1. The molecule has 2 fully saturated rings. The summed E-state index contributed by atoms with van der Waals surface area (Å²) in [6, 6.07) is 0. The van der Waals surface area contributed by atoms with Crippen LogP contribution in [0, 0.1) is 10.8 Å². The number of rotatable bonds is 8. The number of likely N-dealkylation sites (N-methyl/N-ethyl adjacent to an activating group) is 1. The molecule has 37 heavy (non-hydrogen) atoms. The highest BCUT2D eigenvalue weighted by Crippen LogP contribution is 2.64. The summed E-state index contributed by atoms with van der Waals surface area (Å²) in [5.74, 6) is -1.91. The standard InChI is InChI=1S/C28H43NO8/c1-9-25(6)15-20(31)28(34)26(7)18(24(4,5)13-12-19(26)30)14-21(27(28,8)37-25)36-23(33)17-35-22(32)16-29(10-2)11-3/h9,14,19,21,30,34H,1,10-13,15-17H2,2-8H3/t19-,21-,25-,26+,27+,28-/m0/s1. The summed E-state index contributed by atoms with van der Waals surface area (Å²) in [7, 11) is 0. The number of nitrogens with zero attached hydrogens (tertiary/aromatic N) is 1. The fourth-order valence-electron chi connectivity index (χ4n) is 6.59. The average molecular weight is 522 g/mol. The molecular formula is C28H43NO8. The van der Waals surface area contributed by atoms with Crippen LogP contribution < -0.4 is 0 Å². The molecule has 3 rings (SSSR count). The SMILES string of the molecule is C=C[C@@]1(C)CC(=O)[C@@]2(O)[C@](C)(O1)[C@@H](OC(=O)COC(=O)CN(CC)CC)C=C1C(C)(C)CC[C@H](O)[C@@]12C. The van der Waals surface area contributed by atoms with Crippen molar-refractivity contribution in [3.63, 3.8) is 0 Å². The van der Waals surface area contributed by atoms with Gasteiger partial charge in [-0.2, -0.15) is 0 Å². The highest BCUT2D eigenvalue weighted by molar-refractivity contribution is 5.93. The van der Waals surface area contributed by atoms with E-state index in [1.807, 2.05) is 32.6 Å². The van der Waals surface area contributed by atoms with E-state index in [-0.39, 0.29) is 13.0 Å². The number of ether oxygens (including phenoxy) is 3. The Morgan fingerprint density at radius 2 is 1.81 bits per heavy atom. The van der Waals surface area contributed by atoms with Crippen LogP contribution in [0.3, 0.4) is 0 Å². The van der Waals surface area contributed by atoms with E-state index in [9.17, 15) is 24.6 Å². The Morgan fingerprint density at radius 1 is 1.19 bits per heavy atom. The third-order valence-corrected chi connectivity index (χ3v) is 8.98. The highest BCUT2D eigenvalue weighted by Gasteiger charge is 2.76.